The molecule has 18 heavy (non-hydrogen) atoms. The number of anilines is 1. The molecular weight excluding hydrogens is 232 g/mol. The van der Waals surface area contributed by atoms with Gasteiger partial charge in [0.05, 0.1) is 11.7 Å². The quantitative estimate of drug-likeness (QED) is 0.746. The standard InChI is InChI=1S/C13H14N2O3/c14-9-5-4-7-2-1-3-8-6-10(13(17)18)15(11(7)8)12(9)16/h1-3,9-10H,4-6,14H2,(H,17,18)/t9-,10?/m0/s1. The number of carbonyl (C=O) groups is 2. The number of amides is 1. The summed E-state index contributed by atoms with van der Waals surface area (Å²) < 4.78 is 0. The summed E-state index contributed by atoms with van der Waals surface area (Å²) in [6.07, 6.45) is 1.66. The summed E-state index contributed by atoms with van der Waals surface area (Å²) in [7, 11) is 0. The maximum Gasteiger partial charge on any atom is 0.327 e. The van der Waals surface area contributed by atoms with Gasteiger partial charge in [-0.3, -0.25) is 9.69 Å². The number of benzene rings is 1. The Hall–Kier alpha value is -1.88. The van der Waals surface area contributed by atoms with Crippen molar-refractivity contribution >= 4 is 17.6 Å². The number of para-hydroxylation sites is 1. The van der Waals surface area contributed by atoms with Gasteiger partial charge in [0.2, 0.25) is 5.91 Å². The van der Waals surface area contributed by atoms with Crippen molar-refractivity contribution in [2.24, 2.45) is 5.73 Å². The number of carboxylic acids is 1. The van der Waals surface area contributed by atoms with Gasteiger partial charge in [-0.1, -0.05) is 18.2 Å². The van der Waals surface area contributed by atoms with Crippen molar-refractivity contribution in [2.75, 3.05) is 4.90 Å². The van der Waals surface area contributed by atoms with Crippen LogP contribution in [0.3, 0.4) is 0 Å². The molecule has 0 saturated heterocycles. The monoisotopic (exact) mass is 246 g/mol. The number of carbonyl (C=O) groups excluding carboxylic acids is 1. The van der Waals surface area contributed by atoms with Gasteiger partial charge in [-0.25, -0.2) is 4.79 Å². The molecule has 5 nitrogen and oxygen atoms in total. The van der Waals surface area contributed by atoms with Crippen LogP contribution in [0.1, 0.15) is 17.5 Å². The van der Waals surface area contributed by atoms with E-state index < -0.39 is 18.1 Å². The summed E-state index contributed by atoms with van der Waals surface area (Å²) in [6, 6.07) is 4.33. The molecule has 1 unspecified atom stereocenters. The molecule has 0 fully saturated rings. The van der Waals surface area contributed by atoms with Gasteiger partial charge in [-0.05, 0) is 24.0 Å². The van der Waals surface area contributed by atoms with Crippen LogP contribution >= 0.6 is 0 Å². The Labute approximate surface area is 104 Å². The smallest absolute Gasteiger partial charge is 0.327 e. The van der Waals surface area contributed by atoms with Gasteiger partial charge in [-0.15, -0.1) is 0 Å². The van der Waals surface area contributed by atoms with Gasteiger partial charge >= 0.3 is 5.97 Å². The predicted molar refractivity (Wildman–Crippen MR) is 65.4 cm³/mol. The number of hydrogen-bond acceptors (Lipinski definition) is 3. The first kappa shape index (κ1) is 11.2. The normalized spacial score (nSPS) is 25.8. The average molecular weight is 246 g/mol. The fourth-order valence-electron chi connectivity index (χ4n) is 2.85. The van der Waals surface area contributed by atoms with Gasteiger partial charge in [-0.2, -0.15) is 0 Å². The van der Waals surface area contributed by atoms with E-state index in [-0.39, 0.29) is 5.91 Å². The zero-order valence-electron chi connectivity index (χ0n) is 9.80. The summed E-state index contributed by atoms with van der Waals surface area (Å²) in [5, 5.41) is 9.26. The molecule has 5 heteroatoms. The number of hydrogen-bond donors (Lipinski definition) is 2. The van der Waals surface area contributed by atoms with Crippen molar-refractivity contribution in [3.63, 3.8) is 0 Å². The van der Waals surface area contributed by atoms with Crippen LogP contribution in [0.5, 0.6) is 0 Å². The number of aliphatic carboxylic acids is 1. The summed E-state index contributed by atoms with van der Waals surface area (Å²) >= 11 is 0. The Morgan fingerprint density at radius 2 is 2.11 bits per heavy atom. The van der Waals surface area contributed by atoms with E-state index in [0.29, 0.717) is 12.8 Å². The molecule has 2 atom stereocenters. The van der Waals surface area contributed by atoms with E-state index in [0.717, 1.165) is 23.2 Å². The topological polar surface area (TPSA) is 83.6 Å². The Bertz CT molecular complexity index is 541. The molecule has 0 saturated carbocycles. The minimum atomic E-state index is -0.973. The third-order valence-corrected chi connectivity index (χ3v) is 3.73. The van der Waals surface area contributed by atoms with Gasteiger partial charge in [0.1, 0.15) is 6.04 Å². The highest BCUT2D eigenvalue weighted by molar-refractivity contribution is 6.05. The maximum atomic E-state index is 12.2. The molecule has 2 aliphatic rings. The molecule has 1 aromatic carbocycles. The lowest BCUT2D eigenvalue weighted by atomic mass is 10.0. The molecule has 0 aromatic heterocycles. The van der Waals surface area contributed by atoms with Crippen LogP contribution in [0.4, 0.5) is 5.69 Å². The molecule has 3 N–H and O–H groups in total. The highest BCUT2D eigenvalue weighted by Gasteiger charge is 2.42. The minimum absolute atomic E-state index is 0.272. The van der Waals surface area contributed by atoms with Crippen molar-refractivity contribution in [3.05, 3.63) is 29.3 Å². The van der Waals surface area contributed by atoms with Crippen LogP contribution < -0.4 is 10.6 Å². The molecule has 2 heterocycles. The highest BCUT2D eigenvalue weighted by atomic mass is 16.4. The molecule has 0 radical (unpaired) electrons. The van der Waals surface area contributed by atoms with Crippen molar-refractivity contribution in [2.45, 2.75) is 31.3 Å². The Kier molecular flexibility index (Phi) is 2.38. The van der Waals surface area contributed by atoms with Crippen molar-refractivity contribution in [3.8, 4) is 0 Å². The van der Waals surface area contributed by atoms with Gasteiger partial charge in [0, 0.05) is 6.42 Å². The second kappa shape index (κ2) is 3.81. The van der Waals surface area contributed by atoms with Crippen molar-refractivity contribution in [1.29, 1.82) is 0 Å². The summed E-state index contributed by atoms with van der Waals surface area (Å²) in [6.45, 7) is 0. The lowest BCUT2D eigenvalue weighted by Gasteiger charge is -2.24. The van der Waals surface area contributed by atoms with Gasteiger partial charge in [0.25, 0.3) is 0 Å². The van der Waals surface area contributed by atoms with Crippen LogP contribution in [-0.4, -0.2) is 29.1 Å². The second-order valence-corrected chi connectivity index (χ2v) is 4.84. The van der Waals surface area contributed by atoms with Crippen LogP contribution in [0.2, 0.25) is 0 Å². The zero-order chi connectivity index (χ0) is 12.9. The molecular formula is C13H14N2O3. The summed E-state index contributed by atoms with van der Waals surface area (Å²) in [4.78, 5) is 24.9. The Morgan fingerprint density at radius 1 is 1.39 bits per heavy atom. The molecule has 2 aliphatic heterocycles. The number of nitrogens with zero attached hydrogens (tertiary/aromatic N) is 1. The van der Waals surface area contributed by atoms with Gasteiger partial charge in [0.15, 0.2) is 0 Å². The number of carboxylic acid groups (broad SMARTS) is 1. The second-order valence-electron chi connectivity index (χ2n) is 4.84. The van der Waals surface area contributed by atoms with Gasteiger partial charge < -0.3 is 10.8 Å². The maximum absolute atomic E-state index is 12.2. The first-order valence-electron chi connectivity index (χ1n) is 6.02. The first-order chi connectivity index (χ1) is 8.59. The molecule has 0 bridgehead atoms. The van der Waals surface area contributed by atoms with Crippen molar-refractivity contribution < 1.29 is 14.7 Å². The van der Waals surface area contributed by atoms with E-state index in [1.165, 1.54) is 4.90 Å². The average Bonchev–Trinajstić information content (AvgIpc) is 2.69. The molecule has 1 amide bonds. The SMILES string of the molecule is N[C@H]1CCc2cccc3c2N(C1=O)C(C(=O)O)C3. The number of nitrogens with two attached hydrogens (primary N) is 1. The van der Waals surface area contributed by atoms with E-state index in [2.05, 4.69) is 0 Å². The fraction of sp³-hybridized carbons (Fsp3) is 0.385. The minimum Gasteiger partial charge on any atom is -0.480 e. The Balaban J connectivity index is 2.18. The third kappa shape index (κ3) is 1.44. The lowest BCUT2D eigenvalue weighted by Crippen LogP contribution is -2.49. The summed E-state index contributed by atoms with van der Waals surface area (Å²) in [5.74, 6) is -1.24. The lowest BCUT2D eigenvalue weighted by molar-refractivity contribution is -0.140. The van der Waals surface area contributed by atoms with E-state index in [1.807, 2.05) is 18.2 Å². The fourth-order valence-corrected chi connectivity index (χ4v) is 2.85. The van der Waals surface area contributed by atoms with E-state index in [1.54, 1.807) is 0 Å². The third-order valence-electron chi connectivity index (χ3n) is 3.73. The van der Waals surface area contributed by atoms with Crippen LogP contribution in [-0.2, 0) is 22.4 Å². The zero-order valence-corrected chi connectivity index (χ0v) is 9.80. The molecule has 94 valence electrons. The van der Waals surface area contributed by atoms with Crippen LogP contribution in [0.25, 0.3) is 0 Å². The first-order valence-corrected chi connectivity index (χ1v) is 6.02. The number of aryl methyl sites for hydroxylation is 1. The van der Waals surface area contributed by atoms with E-state index in [9.17, 15) is 14.7 Å². The predicted octanol–water partition coefficient (Wildman–Crippen LogP) is 0.302. The number of rotatable bonds is 1. The Morgan fingerprint density at radius 3 is 2.83 bits per heavy atom. The van der Waals surface area contributed by atoms with E-state index in [4.69, 9.17) is 5.73 Å². The van der Waals surface area contributed by atoms with E-state index >= 15 is 0 Å². The van der Waals surface area contributed by atoms with Crippen molar-refractivity contribution in [1.82, 2.24) is 0 Å². The largest absolute Gasteiger partial charge is 0.480 e. The molecule has 0 spiro atoms. The van der Waals surface area contributed by atoms with Crippen LogP contribution in [0.15, 0.2) is 18.2 Å². The molecule has 0 aliphatic carbocycles. The van der Waals surface area contributed by atoms with Crippen LogP contribution in [0, 0.1) is 0 Å². The molecule has 1 aromatic rings. The highest BCUT2D eigenvalue weighted by Crippen LogP contribution is 2.38. The molecule has 3 rings (SSSR count). The summed E-state index contributed by atoms with van der Waals surface area (Å²) in [5.41, 5.74) is 8.56.